The summed E-state index contributed by atoms with van der Waals surface area (Å²) < 4.78 is 5.29. The third-order valence-corrected chi connectivity index (χ3v) is 2.69. The summed E-state index contributed by atoms with van der Waals surface area (Å²) in [5.41, 5.74) is 1.37. The predicted octanol–water partition coefficient (Wildman–Crippen LogP) is 4.19. The van der Waals surface area contributed by atoms with Crippen LogP contribution >= 0.6 is 11.6 Å². The van der Waals surface area contributed by atoms with E-state index in [0.717, 1.165) is 5.56 Å². The van der Waals surface area contributed by atoms with Crippen molar-refractivity contribution in [3.63, 3.8) is 0 Å². The van der Waals surface area contributed by atoms with Crippen molar-refractivity contribution in [2.45, 2.75) is 6.92 Å². The molecule has 2 aromatic carbocycles. The van der Waals surface area contributed by atoms with E-state index >= 15 is 0 Å². The zero-order valence-electron chi connectivity index (χ0n) is 10.5. The van der Waals surface area contributed by atoms with Gasteiger partial charge < -0.3 is 9.84 Å². The highest BCUT2D eigenvalue weighted by Gasteiger charge is 2.01. The fraction of sp³-hybridized carbons (Fsp3) is 0.133. The highest BCUT2D eigenvalue weighted by molar-refractivity contribution is 6.30. The Morgan fingerprint density at radius 3 is 2.79 bits per heavy atom. The summed E-state index contributed by atoms with van der Waals surface area (Å²) in [5, 5.41) is 10.5. The maximum absolute atomic E-state index is 9.83. The molecule has 0 aromatic heterocycles. The summed E-state index contributed by atoms with van der Waals surface area (Å²) in [7, 11) is 0. The van der Waals surface area contributed by atoms with Gasteiger partial charge in [0.1, 0.15) is 17.2 Å². The van der Waals surface area contributed by atoms with Gasteiger partial charge in [-0.05, 0) is 36.8 Å². The van der Waals surface area contributed by atoms with Crippen LogP contribution in [0.1, 0.15) is 12.5 Å². The lowest BCUT2D eigenvalue weighted by Crippen LogP contribution is -1.90. The molecule has 19 heavy (non-hydrogen) atoms. The van der Waals surface area contributed by atoms with Crippen LogP contribution in [-0.2, 0) is 0 Å². The Kier molecular flexibility index (Phi) is 4.42. The second-order valence-electron chi connectivity index (χ2n) is 3.90. The smallest absolute Gasteiger partial charge is 0.144 e. The maximum Gasteiger partial charge on any atom is 0.144 e. The number of aliphatic imine (C=N–C) groups is 1. The molecule has 0 heterocycles. The minimum absolute atomic E-state index is 0.0872. The molecule has 0 bridgehead atoms. The minimum atomic E-state index is 0.0872. The molecule has 0 aliphatic carbocycles. The van der Waals surface area contributed by atoms with Crippen molar-refractivity contribution >= 4 is 23.5 Å². The summed E-state index contributed by atoms with van der Waals surface area (Å²) in [5.74, 6) is 0.714. The largest absolute Gasteiger partial charge is 0.506 e. The molecule has 0 spiro atoms. The van der Waals surface area contributed by atoms with Crippen LogP contribution in [0.25, 0.3) is 0 Å². The molecule has 2 aromatic rings. The van der Waals surface area contributed by atoms with Gasteiger partial charge in [0.05, 0.1) is 6.61 Å². The molecule has 0 saturated heterocycles. The molecule has 0 unspecified atom stereocenters. The van der Waals surface area contributed by atoms with Gasteiger partial charge in [0.25, 0.3) is 0 Å². The SMILES string of the molecule is CCOc1ccc(N=Cc2cccc(Cl)c2)c(O)c1. The number of nitrogens with zero attached hydrogens (tertiary/aromatic N) is 1. The average Bonchev–Trinajstić information content (AvgIpc) is 2.38. The van der Waals surface area contributed by atoms with Gasteiger partial charge in [0, 0.05) is 17.3 Å². The lowest BCUT2D eigenvalue weighted by Gasteiger charge is -2.04. The van der Waals surface area contributed by atoms with Crippen molar-refractivity contribution in [1.82, 2.24) is 0 Å². The van der Waals surface area contributed by atoms with E-state index < -0.39 is 0 Å². The van der Waals surface area contributed by atoms with Crippen LogP contribution in [0.5, 0.6) is 11.5 Å². The number of rotatable bonds is 4. The second kappa shape index (κ2) is 6.25. The van der Waals surface area contributed by atoms with Crippen LogP contribution in [0.3, 0.4) is 0 Å². The fourth-order valence-corrected chi connectivity index (χ4v) is 1.80. The van der Waals surface area contributed by atoms with Crippen molar-refractivity contribution in [2.24, 2.45) is 4.99 Å². The Balaban J connectivity index is 2.19. The zero-order valence-corrected chi connectivity index (χ0v) is 11.3. The van der Waals surface area contributed by atoms with Crippen LogP contribution in [0.2, 0.25) is 5.02 Å². The Labute approximate surface area is 117 Å². The fourth-order valence-electron chi connectivity index (χ4n) is 1.60. The van der Waals surface area contributed by atoms with Crippen LogP contribution < -0.4 is 4.74 Å². The van der Waals surface area contributed by atoms with Crippen molar-refractivity contribution in [1.29, 1.82) is 0 Å². The number of benzene rings is 2. The zero-order chi connectivity index (χ0) is 13.7. The van der Waals surface area contributed by atoms with E-state index in [1.165, 1.54) is 0 Å². The Bertz CT molecular complexity index is 596. The first-order chi connectivity index (χ1) is 9.19. The first-order valence-electron chi connectivity index (χ1n) is 5.94. The van der Waals surface area contributed by atoms with E-state index in [0.29, 0.717) is 23.1 Å². The molecule has 4 heteroatoms. The number of ether oxygens (including phenoxy) is 1. The number of phenols is 1. The van der Waals surface area contributed by atoms with Gasteiger partial charge in [-0.3, -0.25) is 4.99 Å². The molecular formula is C15H14ClNO2. The molecule has 0 atom stereocenters. The van der Waals surface area contributed by atoms with E-state index in [4.69, 9.17) is 16.3 Å². The minimum Gasteiger partial charge on any atom is -0.506 e. The average molecular weight is 276 g/mol. The van der Waals surface area contributed by atoms with Crippen LogP contribution in [0.4, 0.5) is 5.69 Å². The van der Waals surface area contributed by atoms with Crippen molar-refractivity contribution in [3.8, 4) is 11.5 Å². The number of aromatic hydroxyl groups is 1. The van der Waals surface area contributed by atoms with Gasteiger partial charge in [0.2, 0.25) is 0 Å². The topological polar surface area (TPSA) is 41.8 Å². The lowest BCUT2D eigenvalue weighted by atomic mass is 10.2. The van der Waals surface area contributed by atoms with E-state index in [-0.39, 0.29) is 5.75 Å². The molecule has 1 N–H and O–H groups in total. The number of phenolic OH excluding ortho intramolecular Hbond substituents is 1. The molecule has 98 valence electrons. The van der Waals surface area contributed by atoms with E-state index in [9.17, 15) is 5.11 Å². The summed E-state index contributed by atoms with van der Waals surface area (Å²) >= 11 is 5.89. The van der Waals surface area contributed by atoms with Gasteiger partial charge in [-0.2, -0.15) is 0 Å². The molecule has 0 amide bonds. The first-order valence-corrected chi connectivity index (χ1v) is 6.32. The van der Waals surface area contributed by atoms with Crippen LogP contribution in [0.15, 0.2) is 47.5 Å². The number of halogens is 1. The molecule has 0 radical (unpaired) electrons. The Morgan fingerprint density at radius 2 is 2.11 bits per heavy atom. The van der Waals surface area contributed by atoms with Gasteiger partial charge in [0.15, 0.2) is 0 Å². The highest BCUT2D eigenvalue weighted by Crippen LogP contribution is 2.30. The Hall–Kier alpha value is -2.00. The van der Waals surface area contributed by atoms with Gasteiger partial charge in [-0.15, -0.1) is 0 Å². The van der Waals surface area contributed by atoms with Crippen LogP contribution in [-0.4, -0.2) is 17.9 Å². The van der Waals surface area contributed by atoms with E-state index in [1.54, 1.807) is 36.5 Å². The molecule has 0 aliphatic heterocycles. The Morgan fingerprint density at radius 1 is 1.26 bits per heavy atom. The highest BCUT2D eigenvalue weighted by atomic mass is 35.5. The summed E-state index contributed by atoms with van der Waals surface area (Å²) in [4.78, 5) is 4.23. The molecular weight excluding hydrogens is 262 g/mol. The quantitative estimate of drug-likeness (QED) is 0.850. The molecule has 0 saturated carbocycles. The van der Waals surface area contributed by atoms with Crippen molar-refractivity contribution < 1.29 is 9.84 Å². The molecule has 2 rings (SSSR count). The number of hydrogen-bond donors (Lipinski definition) is 1. The van der Waals surface area contributed by atoms with E-state index in [2.05, 4.69) is 4.99 Å². The summed E-state index contributed by atoms with van der Waals surface area (Å²) in [6.07, 6.45) is 1.65. The normalized spacial score (nSPS) is 10.8. The second-order valence-corrected chi connectivity index (χ2v) is 4.33. The molecule has 0 fully saturated rings. The van der Waals surface area contributed by atoms with E-state index in [1.807, 2.05) is 19.1 Å². The van der Waals surface area contributed by atoms with Gasteiger partial charge >= 0.3 is 0 Å². The lowest BCUT2D eigenvalue weighted by molar-refractivity contribution is 0.338. The maximum atomic E-state index is 9.83. The predicted molar refractivity (Wildman–Crippen MR) is 78.0 cm³/mol. The van der Waals surface area contributed by atoms with Gasteiger partial charge in [-0.1, -0.05) is 23.7 Å². The van der Waals surface area contributed by atoms with Crippen molar-refractivity contribution in [2.75, 3.05) is 6.61 Å². The third kappa shape index (κ3) is 3.73. The van der Waals surface area contributed by atoms with Gasteiger partial charge in [-0.25, -0.2) is 0 Å². The monoisotopic (exact) mass is 275 g/mol. The van der Waals surface area contributed by atoms with Crippen molar-refractivity contribution in [3.05, 3.63) is 53.1 Å². The molecule has 3 nitrogen and oxygen atoms in total. The summed E-state index contributed by atoms with van der Waals surface area (Å²) in [6, 6.07) is 12.4. The summed E-state index contributed by atoms with van der Waals surface area (Å²) in [6.45, 7) is 2.45. The standard InChI is InChI=1S/C15H14ClNO2/c1-2-19-13-6-7-14(15(18)9-13)17-10-11-4-3-5-12(16)8-11/h3-10,18H,2H2,1H3. The van der Waals surface area contributed by atoms with Crippen LogP contribution in [0, 0.1) is 0 Å². The third-order valence-electron chi connectivity index (χ3n) is 2.46. The molecule has 0 aliphatic rings. The first kappa shape index (κ1) is 13.4. The number of hydrogen-bond acceptors (Lipinski definition) is 3.